The van der Waals surface area contributed by atoms with Crippen LogP contribution in [-0.2, 0) is 0 Å². The maximum atomic E-state index is 5.76. The Morgan fingerprint density at radius 2 is 1.80 bits per heavy atom. The van der Waals surface area contributed by atoms with Crippen LogP contribution in [0, 0.1) is 0 Å². The highest BCUT2D eigenvalue weighted by Gasteiger charge is 2.07. The van der Waals surface area contributed by atoms with E-state index in [0.717, 1.165) is 10.2 Å². The summed E-state index contributed by atoms with van der Waals surface area (Å²) in [7, 11) is 0. The van der Waals surface area contributed by atoms with Crippen molar-refractivity contribution in [3.63, 3.8) is 0 Å². The lowest BCUT2D eigenvalue weighted by Gasteiger charge is -2.14. The van der Waals surface area contributed by atoms with Gasteiger partial charge in [0.05, 0.1) is 5.54 Å². The van der Waals surface area contributed by atoms with Crippen molar-refractivity contribution in [3.8, 4) is 0 Å². The van der Waals surface area contributed by atoms with Crippen LogP contribution in [0.3, 0.4) is 0 Å². The summed E-state index contributed by atoms with van der Waals surface area (Å²) in [5.74, 6) is 0.435. The molecule has 1 aromatic rings. The van der Waals surface area contributed by atoms with E-state index in [9.17, 15) is 0 Å². The SMILES string of the molecule is CC(C)(C)N=C(N)Nc1ccc(Br)cc1. The van der Waals surface area contributed by atoms with Gasteiger partial charge in [0.25, 0.3) is 0 Å². The molecule has 0 unspecified atom stereocenters. The van der Waals surface area contributed by atoms with Crippen molar-refractivity contribution in [2.24, 2.45) is 10.7 Å². The number of rotatable bonds is 1. The summed E-state index contributed by atoms with van der Waals surface area (Å²) < 4.78 is 1.04. The number of nitrogens with two attached hydrogens (primary N) is 1. The van der Waals surface area contributed by atoms with Crippen LogP contribution in [-0.4, -0.2) is 11.5 Å². The molecule has 0 bridgehead atoms. The third-order valence-electron chi connectivity index (χ3n) is 1.57. The van der Waals surface area contributed by atoms with E-state index in [4.69, 9.17) is 5.73 Å². The third-order valence-corrected chi connectivity index (χ3v) is 2.10. The van der Waals surface area contributed by atoms with Gasteiger partial charge in [-0.15, -0.1) is 0 Å². The van der Waals surface area contributed by atoms with Gasteiger partial charge in [-0.3, -0.25) is 0 Å². The molecule has 0 aliphatic rings. The standard InChI is InChI=1S/C11H16BrN3/c1-11(2,3)15-10(13)14-9-6-4-8(12)5-7-9/h4-7H,1-3H3,(H3,13,14,15). The molecular weight excluding hydrogens is 254 g/mol. The predicted molar refractivity (Wildman–Crippen MR) is 69.1 cm³/mol. The van der Waals surface area contributed by atoms with Crippen molar-refractivity contribution in [1.82, 2.24) is 0 Å². The van der Waals surface area contributed by atoms with Crippen molar-refractivity contribution in [3.05, 3.63) is 28.7 Å². The van der Waals surface area contributed by atoms with Crippen molar-refractivity contribution in [2.45, 2.75) is 26.3 Å². The smallest absolute Gasteiger partial charge is 0.193 e. The van der Waals surface area contributed by atoms with Crippen LogP contribution in [0.1, 0.15) is 20.8 Å². The first-order chi connectivity index (χ1) is 6.87. The molecule has 4 heteroatoms. The Morgan fingerprint density at radius 1 is 1.27 bits per heavy atom. The molecule has 3 nitrogen and oxygen atoms in total. The lowest BCUT2D eigenvalue weighted by Crippen LogP contribution is -2.27. The second kappa shape index (κ2) is 4.66. The number of nitrogens with one attached hydrogen (secondary N) is 1. The molecule has 0 saturated carbocycles. The van der Waals surface area contributed by atoms with Crippen LogP contribution in [0.15, 0.2) is 33.7 Å². The number of hydrogen-bond donors (Lipinski definition) is 2. The molecule has 0 aromatic heterocycles. The Morgan fingerprint density at radius 3 is 2.27 bits per heavy atom. The van der Waals surface area contributed by atoms with E-state index in [1.165, 1.54) is 0 Å². The highest BCUT2D eigenvalue weighted by Crippen LogP contribution is 2.14. The molecule has 0 fully saturated rings. The highest BCUT2D eigenvalue weighted by atomic mass is 79.9. The average molecular weight is 270 g/mol. The molecule has 0 aliphatic carbocycles. The molecule has 1 rings (SSSR count). The zero-order chi connectivity index (χ0) is 11.5. The fraction of sp³-hybridized carbons (Fsp3) is 0.364. The van der Waals surface area contributed by atoms with Gasteiger partial charge in [-0.2, -0.15) is 0 Å². The molecule has 0 saturated heterocycles. The van der Waals surface area contributed by atoms with Crippen LogP contribution in [0.25, 0.3) is 0 Å². The third kappa shape index (κ3) is 4.83. The average Bonchev–Trinajstić information content (AvgIpc) is 2.05. The minimum absolute atomic E-state index is 0.160. The first-order valence-corrected chi connectivity index (χ1v) is 5.54. The molecule has 1 aromatic carbocycles. The van der Waals surface area contributed by atoms with Crippen molar-refractivity contribution in [2.75, 3.05) is 5.32 Å². The first kappa shape index (κ1) is 12.0. The van der Waals surface area contributed by atoms with Crippen LogP contribution in [0.4, 0.5) is 5.69 Å². The van der Waals surface area contributed by atoms with Gasteiger partial charge in [0.1, 0.15) is 0 Å². The lowest BCUT2D eigenvalue weighted by atomic mass is 10.1. The molecule has 0 aliphatic heterocycles. The molecule has 0 spiro atoms. The highest BCUT2D eigenvalue weighted by molar-refractivity contribution is 9.10. The van der Waals surface area contributed by atoms with E-state index in [1.807, 2.05) is 45.0 Å². The van der Waals surface area contributed by atoms with Gasteiger partial charge in [0.2, 0.25) is 0 Å². The van der Waals surface area contributed by atoms with Crippen molar-refractivity contribution in [1.29, 1.82) is 0 Å². The summed E-state index contributed by atoms with van der Waals surface area (Å²) in [6, 6.07) is 7.78. The van der Waals surface area contributed by atoms with Crippen LogP contribution < -0.4 is 11.1 Å². The summed E-state index contributed by atoms with van der Waals surface area (Å²) in [4.78, 5) is 4.30. The largest absolute Gasteiger partial charge is 0.370 e. The Balaban J connectivity index is 2.70. The van der Waals surface area contributed by atoms with Crippen LogP contribution in [0.2, 0.25) is 0 Å². The molecule has 82 valence electrons. The molecule has 3 N–H and O–H groups in total. The normalized spacial score (nSPS) is 12.7. The van der Waals surface area contributed by atoms with E-state index in [0.29, 0.717) is 5.96 Å². The summed E-state index contributed by atoms with van der Waals surface area (Å²) in [5.41, 5.74) is 6.53. The van der Waals surface area contributed by atoms with Crippen LogP contribution in [0.5, 0.6) is 0 Å². The number of aliphatic imine (C=N–C) groups is 1. The fourth-order valence-corrected chi connectivity index (χ4v) is 1.33. The van der Waals surface area contributed by atoms with Crippen LogP contribution >= 0.6 is 15.9 Å². The Bertz CT molecular complexity index is 349. The zero-order valence-corrected chi connectivity index (χ0v) is 10.8. The van der Waals surface area contributed by atoms with Gasteiger partial charge in [-0.1, -0.05) is 15.9 Å². The van der Waals surface area contributed by atoms with E-state index in [1.54, 1.807) is 0 Å². The second-order valence-corrected chi connectivity index (χ2v) is 5.22. The summed E-state index contributed by atoms with van der Waals surface area (Å²) in [6.07, 6.45) is 0. The van der Waals surface area contributed by atoms with Gasteiger partial charge in [-0.05, 0) is 45.0 Å². The van der Waals surface area contributed by atoms with E-state index < -0.39 is 0 Å². The topological polar surface area (TPSA) is 50.4 Å². The number of anilines is 1. The minimum Gasteiger partial charge on any atom is -0.370 e. The molecule has 0 heterocycles. The lowest BCUT2D eigenvalue weighted by molar-refractivity contribution is 0.583. The van der Waals surface area contributed by atoms with E-state index in [-0.39, 0.29) is 5.54 Å². The maximum Gasteiger partial charge on any atom is 0.193 e. The van der Waals surface area contributed by atoms with Gasteiger partial charge in [0, 0.05) is 10.2 Å². The number of hydrogen-bond acceptors (Lipinski definition) is 1. The quantitative estimate of drug-likeness (QED) is 0.609. The molecule has 15 heavy (non-hydrogen) atoms. The number of benzene rings is 1. The molecular formula is C11H16BrN3. The Labute approximate surface area is 98.9 Å². The number of nitrogens with zero attached hydrogens (tertiary/aromatic N) is 1. The van der Waals surface area contributed by atoms with Gasteiger partial charge in [0.15, 0.2) is 5.96 Å². The van der Waals surface area contributed by atoms with Crippen molar-refractivity contribution >= 4 is 27.6 Å². The second-order valence-electron chi connectivity index (χ2n) is 4.30. The predicted octanol–water partition coefficient (Wildman–Crippen LogP) is 2.97. The minimum atomic E-state index is -0.160. The molecule has 0 atom stereocenters. The summed E-state index contributed by atoms with van der Waals surface area (Å²) >= 11 is 3.37. The first-order valence-electron chi connectivity index (χ1n) is 4.75. The molecule has 0 radical (unpaired) electrons. The summed E-state index contributed by atoms with van der Waals surface area (Å²) in [6.45, 7) is 6.01. The fourth-order valence-electron chi connectivity index (χ4n) is 1.07. The Kier molecular flexibility index (Phi) is 3.74. The number of guanidine groups is 1. The van der Waals surface area contributed by atoms with Crippen molar-refractivity contribution < 1.29 is 0 Å². The molecule has 0 amide bonds. The summed E-state index contributed by atoms with van der Waals surface area (Å²) in [5, 5.41) is 3.03. The van der Waals surface area contributed by atoms with Gasteiger partial charge < -0.3 is 11.1 Å². The van der Waals surface area contributed by atoms with Gasteiger partial charge in [-0.25, -0.2) is 4.99 Å². The van der Waals surface area contributed by atoms with E-state index >= 15 is 0 Å². The zero-order valence-electron chi connectivity index (χ0n) is 9.21. The number of halogens is 1. The monoisotopic (exact) mass is 269 g/mol. The Hall–Kier alpha value is -1.03. The van der Waals surface area contributed by atoms with E-state index in [2.05, 4.69) is 26.2 Å². The maximum absolute atomic E-state index is 5.76. The van der Waals surface area contributed by atoms with Gasteiger partial charge >= 0.3 is 0 Å².